The maximum Gasteiger partial charge on any atom is 0.455 e. The van der Waals surface area contributed by atoms with Gasteiger partial charge < -0.3 is 4.55 Å². The second-order valence-electron chi connectivity index (χ2n) is 12.6. The van der Waals surface area contributed by atoms with Crippen molar-refractivity contribution in [3.63, 3.8) is 0 Å². The molecule has 0 bridgehead atoms. The highest BCUT2D eigenvalue weighted by Crippen LogP contribution is 2.74. The van der Waals surface area contributed by atoms with Gasteiger partial charge in [-0.2, -0.15) is 65.9 Å². The number of hydrogen-bond donors (Lipinski definition) is 0. The van der Waals surface area contributed by atoms with Crippen LogP contribution in [0.25, 0.3) is 0 Å². The fourth-order valence-electron chi connectivity index (χ4n) is 4.71. The summed E-state index contributed by atoms with van der Waals surface area (Å²) in [6, 6.07) is 18.0. The first-order valence-electron chi connectivity index (χ1n) is 13.1. The second kappa shape index (κ2) is 12.1. The van der Waals surface area contributed by atoms with Gasteiger partial charge in [-0.3, -0.25) is 0 Å². The molecule has 3 rings (SSSR count). The van der Waals surface area contributed by atoms with Gasteiger partial charge in [0.05, 0.1) is 0 Å². The van der Waals surface area contributed by atoms with E-state index in [4.69, 9.17) is 0 Å². The number of halogens is 16. The van der Waals surface area contributed by atoms with Crippen LogP contribution < -0.4 is 21.2 Å². The molecule has 0 amide bonds. The van der Waals surface area contributed by atoms with Crippen molar-refractivity contribution in [1.82, 2.24) is 0 Å². The molecule has 0 spiro atoms. The molecule has 2 aromatic rings. The average Bonchev–Trinajstić information content (AvgIpc) is 2.85. The highest BCUT2D eigenvalue weighted by Gasteiger charge is 3.07. The second-order valence-corrected chi connectivity index (χ2v) is 17.0. The lowest BCUT2D eigenvalue weighted by atomic mass is 9.70. The molecule has 0 saturated heterocycles. The van der Waals surface area contributed by atoms with Crippen molar-refractivity contribution < 1.29 is 100 Å². The molecule has 0 N–H and O–H groups in total. The van der Waals surface area contributed by atoms with Gasteiger partial charge in [-0.05, 0) is 23.0 Å². The molecular weight excluding hydrogens is 828 g/mol. The van der Waals surface area contributed by atoms with Crippen LogP contribution >= 0.6 is 0 Å². The van der Waals surface area contributed by atoms with Crippen molar-refractivity contribution >= 4 is 10.1 Å². The summed E-state index contributed by atoms with van der Waals surface area (Å²) in [7, 11) is -8.95. The van der Waals surface area contributed by atoms with Gasteiger partial charge in [0.15, 0.2) is 7.14 Å². The zero-order chi connectivity index (χ0) is 38.2. The van der Waals surface area contributed by atoms with E-state index >= 15 is 0 Å². The molecule has 3 nitrogen and oxygen atoms in total. The summed E-state index contributed by atoms with van der Waals surface area (Å²) in [5.74, 6) is -50.3. The van der Waals surface area contributed by atoms with Gasteiger partial charge in [0.1, 0.15) is 10.1 Å². The van der Waals surface area contributed by atoms with Crippen LogP contribution in [0.2, 0.25) is 0 Å². The van der Waals surface area contributed by atoms with Gasteiger partial charge >= 0.3 is 62.9 Å². The highest BCUT2D eigenvalue weighted by atomic mass is 127. The Morgan fingerprint density at radius 3 is 1.06 bits per heavy atom. The lowest BCUT2D eigenvalue weighted by Gasteiger charge is -2.58. The van der Waals surface area contributed by atoms with Crippen LogP contribution in [-0.4, -0.2) is 59.4 Å². The van der Waals surface area contributed by atoms with Crippen molar-refractivity contribution in [2.75, 3.05) is 0 Å². The zero-order valence-corrected chi connectivity index (χ0v) is 28.3. The van der Waals surface area contributed by atoms with Gasteiger partial charge in [-0.15, -0.1) is 0 Å². The standard InChI is InChI=1S/C20H26I.C8HF15O3S/c1-19(2,3)15-11-7-9-13-17(15)21-18-14-10-8-12-16(18)20(4,5)6;9-2(10)1(27(24,25)26,4(13,14)8(21,22)23)3(11,12)6(17,18)7(19,20)5(2,15)16/h7-14H,1-6H3;(H,24,25,26)/q+1;/p-1. The number of rotatable bonds is 4. The molecule has 0 unspecified atom stereocenters. The third kappa shape index (κ3) is 5.95. The molecule has 274 valence electrons. The summed E-state index contributed by atoms with van der Waals surface area (Å²) >= 11 is -0.147. The summed E-state index contributed by atoms with van der Waals surface area (Å²) in [5.41, 5.74) is 3.43. The Balaban J connectivity index is 0.000000343. The summed E-state index contributed by atoms with van der Waals surface area (Å²) in [5, 5.41) is 0. The summed E-state index contributed by atoms with van der Waals surface area (Å²) in [6.45, 7) is 13.9. The first kappa shape index (κ1) is 42.2. The number of alkyl halides is 15. The van der Waals surface area contributed by atoms with Crippen LogP contribution in [0.4, 0.5) is 65.9 Å². The Labute approximate surface area is 275 Å². The molecule has 20 heteroatoms. The summed E-state index contributed by atoms with van der Waals surface area (Å²) in [6.07, 6.45) is -8.09. The minimum Gasteiger partial charge on any atom is -0.747 e. The molecule has 1 aliphatic carbocycles. The zero-order valence-electron chi connectivity index (χ0n) is 25.3. The van der Waals surface area contributed by atoms with Crippen LogP contribution in [0.15, 0.2) is 48.5 Å². The largest absolute Gasteiger partial charge is 0.747 e. The summed E-state index contributed by atoms with van der Waals surface area (Å²) in [4.78, 5) is 0. The third-order valence-corrected chi connectivity index (χ3v) is 11.8. The van der Waals surface area contributed by atoms with Crippen molar-refractivity contribution in [3.05, 3.63) is 66.8 Å². The van der Waals surface area contributed by atoms with E-state index < -0.39 is 56.6 Å². The smallest absolute Gasteiger partial charge is 0.455 e. The molecule has 0 heterocycles. The van der Waals surface area contributed by atoms with E-state index in [1.807, 2.05) is 0 Å². The van der Waals surface area contributed by atoms with Gasteiger partial charge in [0, 0.05) is 11.1 Å². The van der Waals surface area contributed by atoms with Crippen molar-refractivity contribution in [2.45, 2.75) is 98.8 Å². The fourth-order valence-corrected chi connectivity index (χ4v) is 9.98. The Morgan fingerprint density at radius 2 is 0.812 bits per heavy atom. The van der Waals surface area contributed by atoms with Crippen LogP contribution in [0.3, 0.4) is 0 Å². The van der Waals surface area contributed by atoms with Crippen LogP contribution in [0.1, 0.15) is 52.7 Å². The SMILES string of the molecule is CC(C)(C)c1ccccc1[I+]c1ccccc1C(C)(C)C.O=S(=O)([O-])C1(C(F)(F)C(F)(F)F)C(F)(F)C(F)(F)C(F)(F)C(F)(F)C1(F)F. The summed E-state index contributed by atoms with van der Waals surface area (Å²) < 4.78 is 222. The van der Waals surface area contributed by atoms with Crippen molar-refractivity contribution in [2.24, 2.45) is 0 Å². The predicted molar refractivity (Wildman–Crippen MR) is 136 cm³/mol. The Morgan fingerprint density at radius 1 is 0.542 bits per heavy atom. The molecule has 0 aromatic heterocycles. The minimum absolute atomic E-state index is 0.147. The molecule has 1 fully saturated rings. The molecule has 48 heavy (non-hydrogen) atoms. The Hall–Kier alpha value is -1.97. The van der Waals surface area contributed by atoms with E-state index in [1.165, 1.54) is 11.1 Å². The van der Waals surface area contributed by atoms with Gasteiger partial charge in [-0.1, -0.05) is 77.9 Å². The highest BCUT2D eigenvalue weighted by molar-refractivity contribution is 7.87. The molecule has 1 aliphatic rings. The van der Waals surface area contributed by atoms with Crippen LogP contribution in [0.5, 0.6) is 0 Å². The Bertz CT molecular complexity index is 1520. The van der Waals surface area contributed by atoms with E-state index in [2.05, 4.69) is 90.1 Å². The number of hydrogen-bond acceptors (Lipinski definition) is 3. The minimum atomic E-state index is -8.95. The molecule has 2 aromatic carbocycles. The first-order chi connectivity index (χ1) is 20.9. The quantitative estimate of drug-likeness (QED) is 0.214. The van der Waals surface area contributed by atoms with E-state index in [0.717, 1.165) is 0 Å². The maximum atomic E-state index is 13.6. The topological polar surface area (TPSA) is 57.2 Å². The fraction of sp³-hybridized carbons (Fsp3) is 0.571. The lowest BCUT2D eigenvalue weighted by molar-refractivity contribution is -0.599. The molecule has 1 saturated carbocycles. The van der Waals surface area contributed by atoms with E-state index in [-0.39, 0.29) is 32.0 Å². The van der Waals surface area contributed by atoms with Crippen molar-refractivity contribution in [1.29, 1.82) is 0 Å². The monoisotopic (exact) mass is 854 g/mol. The van der Waals surface area contributed by atoms with Crippen LogP contribution in [0, 0.1) is 7.14 Å². The maximum absolute atomic E-state index is 13.6. The molecular formula is C28H26F15IO3S. The first-order valence-corrected chi connectivity index (χ1v) is 16.6. The van der Waals surface area contributed by atoms with E-state index in [1.54, 1.807) is 7.14 Å². The van der Waals surface area contributed by atoms with Crippen LogP contribution in [-0.2, 0) is 20.9 Å². The third-order valence-electron chi connectivity index (χ3n) is 7.20. The predicted octanol–water partition coefficient (Wildman–Crippen LogP) is 6.07. The average molecular weight is 854 g/mol. The molecule has 0 atom stereocenters. The number of benzene rings is 2. The Kier molecular flexibility index (Phi) is 10.6. The molecule has 0 radical (unpaired) electrons. The lowest BCUT2D eigenvalue weighted by Crippen LogP contribution is -3.62. The van der Waals surface area contributed by atoms with E-state index in [0.29, 0.717) is 0 Å². The van der Waals surface area contributed by atoms with Gasteiger partial charge in [-0.25, -0.2) is 8.42 Å². The molecule has 0 aliphatic heterocycles. The normalized spacial score (nSPS) is 21.5. The van der Waals surface area contributed by atoms with Crippen molar-refractivity contribution in [3.8, 4) is 0 Å². The van der Waals surface area contributed by atoms with Gasteiger partial charge in [0.2, 0.25) is 0 Å². The van der Waals surface area contributed by atoms with Gasteiger partial charge in [0.25, 0.3) is 4.75 Å². The van der Waals surface area contributed by atoms with E-state index in [9.17, 15) is 78.8 Å².